The molecule has 0 saturated heterocycles. The summed E-state index contributed by atoms with van der Waals surface area (Å²) in [7, 11) is 0. The molecule has 2 aromatic heterocycles. The number of aromatic nitrogens is 3. The van der Waals surface area contributed by atoms with Crippen molar-refractivity contribution in [1.82, 2.24) is 14.8 Å². The van der Waals surface area contributed by atoms with Crippen molar-refractivity contribution >= 4 is 45.0 Å². The van der Waals surface area contributed by atoms with E-state index in [0.717, 1.165) is 37.9 Å². The van der Waals surface area contributed by atoms with Gasteiger partial charge >= 0.3 is 0 Å². The van der Waals surface area contributed by atoms with Gasteiger partial charge < -0.3 is 10.1 Å². The molecule has 0 fully saturated rings. The van der Waals surface area contributed by atoms with E-state index in [-0.39, 0.29) is 11.2 Å². The Morgan fingerprint density at radius 3 is 2.83 bits per heavy atom. The first-order valence-corrected chi connectivity index (χ1v) is 11.6. The summed E-state index contributed by atoms with van der Waals surface area (Å²) in [4.78, 5) is 17.3. The minimum atomic E-state index is -0.0650. The quantitative estimate of drug-likeness (QED) is 0.489. The van der Waals surface area contributed by atoms with Crippen molar-refractivity contribution in [2.45, 2.75) is 19.1 Å². The molecule has 1 unspecified atom stereocenters. The van der Waals surface area contributed by atoms with Crippen molar-refractivity contribution in [1.29, 1.82) is 0 Å². The van der Waals surface area contributed by atoms with Gasteiger partial charge in [-0.15, -0.1) is 11.8 Å². The number of hydrogen-bond acceptors (Lipinski definition) is 6. The largest absolute Gasteiger partial charge is 0.494 e. The number of aryl methyl sites for hydroxylation is 1. The molecule has 6 nitrogen and oxygen atoms in total. The Kier molecular flexibility index (Phi) is 4.96. The maximum Gasteiger partial charge on any atom is 0.235 e. The second kappa shape index (κ2) is 7.77. The van der Waals surface area contributed by atoms with E-state index in [9.17, 15) is 4.79 Å². The predicted octanol–water partition coefficient (Wildman–Crippen LogP) is 4.96. The number of thioether (sulfide) groups is 1. The molecule has 152 valence electrons. The van der Waals surface area contributed by atoms with E-state index in [1.807, 2.05) is 56.3 Å². The molecule has 1 amide bonds. The van der Waals surface area contributed by atoms with Gasteiger partial charge in [0, 0.05) is 11.1 Å². The van der Waals surface area contributed by atoms with E-state index in [4.69, 9.17) is 14.8 Å². The molecular formula is C22H20N4O2S2. The smallest absolute Gasteiger partial charge is 0.235 e. The standard InChI is InChI=1S/C22H20N4O2S2/c1-3-28-16-10-6-4-8-14(16)20-19-13(2)25-26(21(19)24-18(27)12-29-20)22-23-15-9-5-7-11-17(15)30-22/h4-11,20H,3,12H2,1-2H3,(H,24,27). The Morgan fingerprint density at radius 2 is 2.00 bits per heavy atom. The van der Waals surface area contributed by atoms with Crippen LogP contribution in [0.15, 0.2) is 48.5 Å². The van der Waals surface area contributed by atoms with E-state index in [2.05, 4.69) is 11.4 Å². The monoisotopic (exact) mass is 436 g/mol. The SMILES string of the molecule is CCOc1ccccc1C1SCC(=O)Nc2c1c(C)nn2-c1nc2ccccc2s1. The summed E-state index contributed by atoms with van der Waals surface area (Å²) in [5, 5.41) is 8.53. The normalized spacial score (nSPS) is 16.2. The van der Waals surface area contributed by atoms with Gasteiger partial charge in [0.15, 0.2) is 0 Å². The summed E-state index contributed by atoms with van der Waals surface area (Å²) in [6.07, 6.45) is 0. The Labute approximate surface area is 182 Å². The van der Waals surface area contributed by atoms with E-state index in [1.165, 1.54) is 0 Å². The number of hydrogen-bond donors (Lipinski definition) is 1. The molecule has 1 N–H and O–H groups in total. The molecule has 0 radical (unpaired) electrons. The lowest BCUT2D eigenvalue weighted by Gasteiger charge is -2.18. The zero-order chi connectivity index (χ0) is 20.7. The number of fused-ring (bicyclic) bond motifs is 2. The fourth-order valence-corrected chi connectivity index (χ4v) is 5.84. The topological polar surface area (TPSA) is 69.0 Å². The fraction of sp³-hybridized carbons (Fsp3) is 0.227. The molecule has 1 aliphatic rings. The third-order valence-electron chi connectivity index (χ3n) is 4.97. The number of thiazole rings is 1. The van der Waals surface area contributed by atoms with Gasteiger partial charge in [-0.3, -0.25) is 4.79 Å². The molecule has 4 aromatic rings. The van der Waals surface area contributed by atoms with Crippen LogP contribution in [0.2, 0.25) is 0 Å². The van der Waals surface area contributed by atoms with Gasteiger partial charge in [0.2, 0.25) is 11.0 Å². The van der Waals surface area contributed by atoms with Gasteiger partial charge in [-0.05, 0) is 32.0 Å². The molecule has 3 heterocycles. The summed E-state index contributed by atoms with van der Waals surface area (Å²) in [5.41, 5.74) is 3.84. The van der Waals surface area contributed by atoms with Crippen molar-refractivity contribution < 1.29 is 9.53 Å². The minimum Gasteiger partial charge on any atom is -0.494 e. The average molecular weight is 437 g/mol. The highest BCUT2D eigenvalue weighted by atomic mass is 32.2. The van der Waals surface area contributed by atoms with Gasteiger partial charge in [0.05, 0.1) is 33.5 Å². The van der Waals surface area contributed by atoms with Gasteiger partial charge in [0.25, 0.3) is 0 Å². The Morgan fingerprint density at radius 1 is 1.20 bits per heavy atom. The number of anilines is 1. The number of carbonyl (C=O) groups excluding carboxylic acids is 1. The van der Waals surface area contributed by atoms with Crippen molar-refractivity contribution in [2.24, 2.45) is 0 Å². The van der Waals surface area contributed by atoms with Crippen LogP contribution < -0.4 is 10.1 Å². The van der Waals surface area contributed by atoms with Crippen LogP contribution >= 0.6 is 23.1 Å². The molecule has 2 aromatic carbocycles. The maximum absolute atomic E-state index is 12.6. The molecule has 30 heavy (non-hydrogen) atoms. The molecule has 0 saturated carbocycles. The molecular weight excluding hydrogens is 416 g/mol. The molecule has 1 atom stereocenters. The van der Waals surface area contributed by atoms with Crippen LogP contribution in [0.25, 0.3) is 15.3 Å². The zero-order valence-corrected chi connectivity index (χ0v) is 18.2. The van der Waals surface area contributed by atoms with Gasteiger partial charge in [0.1, 0.15) is 11.6 Å². The molecule has 5 rings (SSSR count). The molecule has 0 aliphatic carbocycles. The predicted molar refractivity (Wildman–Crippen MR) is 122 cm³/mol. The summed E-state index contributed by atoms with van der Waals surface area (Å²) < 4.78 is 8.75. The maximum atomic E-state index is 12.6. The van der Waals surface area contributed by atoms with Crippen LogP contribution in [-0.2, 0) is 4.79 Å². The number of ether oxygens (including phenoxy) is 1. The lowest BCUT2D eigenvalue weighted by Crippen LogP contribution is -2.15. The summed E-state index contributed by atoms with van der Waals surface area (Å²) in [6.45, 7) is 4.54. The highest BCUT2D eigenvalue weighted by molar-refractivity contribution is 8.00. The third-order valence-corrected chi connectivity index (χ3v) is 7.24. The van der Waals surface area contributed by atoms with Crippen LogP contribution in [0.1, 0.15) is 29.0 Å². The molecule has 0 bridgehead atoms. The number of nitrogens with zero attached hydrogens (tertiary/aromatic N) is 3. The first-order valence-electron chi connectivity index (χ1n) is 9.74. The minimum absolute atomic E-state index is 0.0418. The second-order valence-electron chi connectivity index (χ2n) is 6.93. The van der Waals surface area contributed by atoms with Crippen LogP contribution in [0.3, 0.4) is 0 Å². The van der Waals surface area contributed by atoms with Crippen molar-refractivity contribution in [3.8, 4) is 10.9 Å². The van der Waals surface area contributed by atoms with E-state index in [0.29, 0.717) is 18.2 Å². The first-order chi connectivity index (χ1) is 14.7. The van der Waals surface area contributed by atoms with Crippen molar-refractivity contribution in [3.05, 3.63) is 65.4 Å². The highest BCUT2D eigenvalue weighted by Crippen LogP contribution is 2.46. The lowest BCUT2D eigenvalue weighted by atomic mass is 10.0. The number of amides is 1. The number of carbonyl (C=O) groups is 1. The highest BCUT2D eigenvalue weighted by Gasteiger charge is 2.32. The second-order valence-corrected chi connectivity index (χ2v) is 9.04. The molecule has 8 heteroatoms. The average Bonchev–Trinajstić information content (AvgIpc) is 3.26. The number of nitrogens with one attached hydrogen (secondary N) is 1. The zero-order valence-electron chi connectivity index (χ0n) is 16.6. The van der Waals surface area contributed by atoms with Crippen LogP contribution in [0, 0.1) is 6.92 Å². The van der Waals surface area contributed by atoms with Gasteiger partial charge in [-0.25, -0.2) is 4.98 Å². The Balaban J connectivity index is 1.69. The lowest BCUT2D eigenvalue weighted by molar-refractivity contribution is -0.113. The van der Waals surface area contributed by atoms with Crippen molar-refractivity contribution in [3.63, 3.8) is 0 Å². The number of benzene rings is 2. The first kappa shape index (κ1) is 19.1. The molecule has 0 spiro atoms. The van der Waals surface area contributed by atoms with E-state index >= 15 is 0 Å². The van der Waals surface area contributed by atoms with E-state index < -0.39 is 0 Å². The third kappa shape index (κ3) is 3.26. The van der Waals surface area contributed by atoms with Crippen LogP contribution in [-0.4, -0.2) is 33.0 Å². The summed E-state index contributed by atoms with van der Waals surface area (Å²) in [6, 6.07) is 16.0. The van der Waals surface area contributed by atoms with E-state index in [1.54, 1.807) is 27.8 Å². The van der Waals surface area contributed by atoms with Crippen LogP contribution in [0.4, 0.5) is 5.82 Å². The number of para-hydroxylation sites is 2. The molecule has 1 aliphatic heterocycles. The fourth-order valence-electron chi connectivity index (χ4n) is 3.70. The Hall–Kier alpha value is -2.84. The van der Waals surface area contributed by atoms with Crippen LogP contribution in [0.5, 0.6) is 5.75 Å². The Bertz CT molecular complexity index is 1210. The van der Waals surface area contributed by atoms with Gasteiger partial charge in [-0.1, -0.05) is 41.7 Å². The van der Waals surface area contributed by atoms with Crippen molar-refractivity contribution in [2.75, 3.05) is 17.7 Å². The van der Waals surface area contributed by atoms with Gasteiger partial charge in [-0.2, -0.15) is 9.78 Å². The number of rotatable bonds is 4. The summed E-state index contributed by atoms with van der Waals surface area (Å²) >= 11 is 3.15. The summed E-state index contributed by atoms with van der Waals surface area (Å²) in [5.74, 6) is 1.85.